The molecule has 13 heteroatoms. The van der Waals surface area contributed by atoms with Gasteiger partial charge in [-0.1, -0.05) is 23.5 Å². The first-order chi connectivity index (χ1) is 19.8. The van der Waals surface area contributed by atoms with Crippen molar-refractivity contribution in [3.8, 4) is 17.0 Å². The number of carbonyl (C=O) groups is 2. The number of imidazole rings is 1. The lowest BCUT2D eigenvalue weighted by Gasteiger charge is -2.36. The molecule has 0 aliphatic carbocycles. The highest BCUT2D eigenvalue weighted by atomic mass is 35.5. The molecular formula is C28H31ClF2N6O3S. The molecule has 2 saturated heterocycles. The van der Waals surface area contributed by atoms with Crippen LogP contribution in [0, 0.1) is 11.6 Å². The Morgan fingerprint density at radius 2 is 1.83 bits per heavy atom. The van der Waals surface area contributed by atoms with Crippen molar-refractivity contribution >= 4 is 41.1 Å². The Balaban J connectivity index is 1.21. The summed E-state index contributed by atoms with van der Waals surface area (Å²) in [6, 6.07) is 7.37. The maximum atomic E-state index is 14.6. The van der Waals surface area contributed by atoms with Crippen LogP contribution in [-0.4, -0.2) is 82.2 Å². The number of aromatic nitrogens is 2. The van der Waals surface area contributed by atoms with Crippen molar-refractivity contribution < 1.29 is 23.1 Å². The summed E-state index contributed by atoms with van der Waals surface area (Å²) >= 11 is 8.38. The van der Waals surface area contributed by atoms with Crippen LogP contribution in [0.3, 0.4) is 0 Å². The third kappa shape index (κ3) is 6.35. The average molecular weight is 605 g/mol. The number of anilines is 1. The van der Waals surface area contributed by atoms with Gasteiger partial charge in [-0.2, -0.15) is 4.39 Å². The minimum atomic E-state index is -1.13. The third-order valence-corrected chi connectivity index (χ3v) is 9.05. The van der Waals surface area contributed by atoms with E-state index in [4.69, 9.17) is 16.3 Å². The molecule has 1 aromatic heterocycles. The second-order valence-corrected chi connectivity index (χ2v) is 11.7. The average Bonchev–Trinajstić information content (AvgIpc) is 3.36. The summed E-state index contributed by atoms with van der Waals surface area (Å²) in [5.41, 5.74) is 0.878. The Morgan fingerprint density at radius 3 is 2.51 bits per heavy atom. The molecule has 0 atom stereocenters. The van der Waals surface area contributed by atoms with E-state index in [9.17, 15) is 18.4 Å². The number of piperazine rings is 1. The van der Waals surface area contributed by atoms with Crippen LogP contribution in [0.5, 0.6) is 5.75 Å². The zero-order chi connectivity index (χ0) is 29.1. The van der Waals surface area contributed by atoms with Gasteiger partial charge >= 0.3 is 0 Å². The molecular weight excluding hydrogens is 574 g/mol. The Morgan fingerprint density at radius 1 is 1.10 bits per heavy atom. The Hall–Kier alpha value is -3.19. The zero-order valence-electron chi connectivity index (χ0n) is 22.8. The van der Waals surface area contributed by atoms with Gasteiger partial charge in [-0.15, -0.1) is 0 Å². The predicted octanol–water partition coefficient (Wildman–Crippen LogP) is 4.44. The van der Waals surface area contributed by atoms with E-state index in [0.717, 1.165) is 39.0 Å². The van der Waals surface area contributed by atoms with Gasteiger partial charge in [-0.05, 0) is 56.3 Å². The topological polar surface area (TPSA) is 91.7 Å². The van der Waals surface area contributed by atoms with Gasteiger partial charge in [-0.25, -0.2) is 13.7 Å². The van der Waals surface area contributed by atoms with E-state index in [1.54, 1.807) is 17.0 Å². The van der Waals surface area contributed by atoms with Crippen molar-refractivity contribution in [1.82, 2.24) is 24.1 Å². The van der Waals surface area contributed by atoms with Gasteiger partial charge in [0, 0.05) is 49.7 Å². The van der Waals surface area contributed by atoms with Crippen LogP contribution < -0.4 is 15.4 Å². The van der Waals surface area contributed by atoms with Crippen molar-refractivity contribution in [3.63, 3.8) is 0 Å². The molecule has 2 N–H and O–H groups in total. The van der Waals surface area contributed by atoms with Crippen molar-refractivity contribution in [2.45, 2.75) is 18.1 Å². The van der Waals surface area contributed by atoms with E-state index in [1.165, 1.54) is 43.1 Å². The van der Waals surface area contributed by atoms with Crippen LogP contribution in [0.15, 0.2) is 36.5 Å². The second kappa shape index (κ2) is 12.8. The molecule has 5 rings (SSSR count). The van der Waals surface area contributed by atoms with E-state index in [-0.39, 0.29) is 33.8 Å². The molecule has 2 amide bonds. The molecule has 0 unspecified atom stereocenters. The van der Waals surface area contributed by atoms with Gasteiger partial charge in [0.2, 0.25) is 5.82 Å². The number of nitrogens with zero attached hydrogens (tertiary/aromatic N) is 4. The monoisotopic (exact) mass is 604 g/mol. The highest BCUT2D eigenvalue weighted by Gasteiger charge is 2.27. The number of amides is 2. The van der Waals surface area contributed by atoms with Crippen molar-refractivity contribution in [3.05, 3.63) is 64.6 Å². The molecule has 3 heterocycles. The standard InChI is InChI=1S/C28H31ClF2N6O3S/c1-35-22(20-5-6-23(40-2)25(31)24(20)30)16-33-26(35)27(38)34-17-3-4-19(21(29)15-17)28(39)36-11-13-37(14-12-36)41-18-7-9-32-10-8-18/h3-6,15-16,18,32H,7-14H2,1-2H3,(H,34,38). The first-order valence-electron chi connectivity index (χ1n) is 13.3. The summed E-state index contributed by atoms with van der Waals surface area (Å²) in [5.74, 6) is -3.20. The summed E-state index contributed by atoms with van der Waals surface area (Å²) in [6.07, 6.45) is 3.61. The Labute approximate surface area is 246 Å². The number of benzene rings is 2. The molecule has 0 radical (unpaired) electrons. The maximum Gasteiger partial charge on any atom is 0.291 e. The van der Waals surface area contributed by atoms with Crippen molar-refractivity contribution in [2.75, 3.05) is 51.7 Å². The minimum Gasteiger partial charge on any atom is -0.494 e. The van der Waals surface area contributed by atoms with Gasteiger partial charge in [0.25, 0.3) is 11.8 Å². The van der Waals surface area contributed by atoms with E-state index in [2.05, 4.69) is 19.9 Å². The summed E-state index contributed by atoms with van der Waals surface area (Å²) in [4.78, 5) is 32.1. The molecule has 41 heavy (non-hydrogen) atoms. The molecule has 3 aromatic rings. The van der Waals surface area contributed by atoms with Gasteiger partial charge in [0.1, 0.15) is 0 Å². The highest BCUT2D eigenvalue weighted by Crippen LogP contribution is 2.31. The molecule has 2 fully saturated rings. The summed E-state index contributed by atoms with van der Waals surface area (Å²) < 4.78 is 37.4. The van der Waals surface area contributed by atoms with Crippen molar-refractivity contribution in [2.24, 2.45) is 7.05 Å². The zero-order valence-corrected chi connectivity index (χ0v) is 24.3. The molecule has 0 bridgehead atoms. The third-order valence-electron chi connectivity index (χ3n) is 7.30. The number of halogens is 3. The molecule has 2 aliphatic heterocycles. The number of rotatable bonds is 7. The number of piperidine rings is 1. The lowest BCUT2D eigenvalue weighted by molar-refractivity contribution is 0.0703. The fraction of sp³-hybridized carbons (Fsp3) is 0.393. The molecule has 2 aliphatic rings. The number of ether oxygens (including phenoxy) is 1. The number of hydrogen-bond donors (Lipinski definition) is 2. The van der Waals surface area contributed by atoms with Crippen molar-refractivity contribution in [1.29, 1.82) is 0 Å². The van der Waals surface area contributed by atoms with Gasteiger partial charge in [0.15, 0.2) is 17.4 Å². The number of carbonyl (C=O) groups excluding carboxylic acids is 2. The van der Waals surface area contributed by atoms with Crippen LogP contribution in [0.25, 0.3) is 11.3 Å². The van der Waals surface area contributed by atoms with Crippen LogP contribution >= 0.6 is 23.5 Å². The summed E-state index contributed by atoms with van der Waals surface area (Å²) in [6.45, 7) is 4.94. The highest BCUT2D eigenvalue weighted by molar-refractivity contribution is 7.97. The van der Waals surface area contributed by atoms with E-state index in [1.807, 2.05) is 11.9 Å². The summed E-state index contributed by atoms with van der Waals surface area (Å²) in [7, 11) is 2.77. The number of methoxy groups -OCH3 is 1. The smallest absolute Gasteiger partial charge is 0.291 e. The lowest BCUT2D eigenvalue weighted by Crippen LogP contribution is -2.47. The van der Waals surface area contributed by atoms with E-state index >= 15 is 0 Å². The fourth-order valence-corrected chi connectivity index (χ4v) is 6.49. The number of nitrogens with one attached hydrogen (secondary N) is 2. The van der Waals surface area contributed by atoms with Gasteiger partial charge in [-0.3, -0.25) is 9.59 Å². The lowest BCUT2D eigenvalue weighted by atomic mass is 10.1. The van der Waals surface area contributed by atoms with Crippen LogP contribution in [0.2, 0.25) is 5.02 Å². The molecule has 0 saturated carbocycles. The molecule has 0 spiro atoms. The molecule has 2 aromatic carbocycles. The van der Waals surface area contributed by atoms with Gasteiger partial charge < -0.3 is 24.8 Å². The van der Waals surface area contributed by atoms with Crippen LogP contribution in [0.4, 0.5) is 14.5 Å². The number of hydrogen-bond acceptors (Lipinski definition) is 7. The fourth-order valence-electron chi connectivity index (χ4n) is 4.99. The molecule has 218 valence electrons. The van der Waals surface area contributed by atoms with Crippen LogP contribution in [-0.2, 0) is 7.05 Å². The predicted molar refractivity (Wildman–Crippen MR) is 155 cm³/mol. The van der Waals surface area contributed by atoms with Gasteiger partial charge in [0.05, 0.1) is 29.6 Å². The Bertz CT molecular complexity index is 1440. The SMILES string of the molecule is COc1ccc(-c2cnc(C(=O)Nc3ccc(C(=O)N4CCN(SC5CCNCC5)CC4)c(Cl)c3)n2C)c(F)c1F. The first-order valence-corrected chi connectivity index (χ1v) is 14.5. The minimum absolute atomic E-state index is 0.0212. The quantitative estimate of drug-likeness (QED) is 0.385. The normalized spacial score (nSPS) is 16.6. The molecule has 9 nitrogen and oxygen atoms in total. The van der Waals surface area contributed by atoms with E-state index < -0.39 is 17.5 Å². The Kier molecular flexibility index (Phi) is 9.12. The first kappa shape index (κ1) is 29.3. The second-order valence-electron chi connectivity index (χ2n) is 9.89. The summed E-state index contributed by atoms with van der Waals surface area (Å²) in [5, 5.41) is 6.93. The maximum absolute atomic E-state index is 14.6. The van der Waals surface area contributed by atoms with Crippen LogP contribution in [0.1, 0.15) is 33.8 Å². The largest absolute Gasteiger partial charge is 0.494 e. The van der Waals surface area contributed by atoms with E-state index in [0.29, 0.717) is 29.6 Å².